The molecule has 0 bridgehead atoms. The Morgan fingerprint density at radius 1 is 1.47 bits per heavy atom. The summed E-state index contributed by atoms with van der Waals surface area (Å²) in [6.45, 7) is 1.26. The molecule has 1 heterocycles. The standard InChI is InChI=1S/C9H8N2O4/c1-5(13)10-8-3-6(4-12)2-7(11-8)9(14)15/h2-4H,1H3,(H,14,15)(H,10,11,13). The topological polar surface area (TPSA) is 96.4 Å². The number of nitrogens with zero attached hydrogens (tertiary/aromatic N) is 1. The van der Waals surface area contributed by atoms with Gasteiger partial charge in [-0.3, -0.25) is 9.59 Å². The number of amides is 1. The zero-order valence-corrected chi connectivity index (χ0v) is 7.85. The van der Waals surface area contributed by atoms with Gasteiger partial charge in [0.25, 0.3) is 0 Å². The average molecular weight is 208 g/mol. The van der Waals surface area contributed by atoms with Crippen molar-refractivity contribution >= 4 is 24.0 Å². The number of aldehydes is 1. The highest BCUT2D eigenvalue weighted by Gasteiger charge is 2.09. The maximum Gasteiger partial charge on any atom is 0.354 e. The molecule has 0 aliphatic carbocycles. The number of carboxylic acids is 1. The lowest BCUT2D eigenvalue weighted by molar-refractivity contribution is -0.114. The molecule has 1 aromatic rings. The third-order valence-electron chi connectivity index (χ3n) is 1.51. The van der Waals surface area contributed by atoms with E-state index in [1.165, 1.54) is 13.0 Å². The summed E-state index contributed by atoms with van der Waals surface area (Å²) in [5.74, 6) is -1.60. The second-order valence-electron chi connectivity index (χ2n) is 2.78. The van der Waals surface area contributed by atoms with Crippen LogP contribution >= 0.6 is 0 Å². The highest BCUT2D eigenvalue weighted by atomic mass is 16.4. The van der Waals surface area contributed by atoms with E-state index in [0.29, 0.717) is 6.29 Å². The van der Waals surface area contributed by atoms with Gasteiger partial charge in [-0.25, -0.2) is 9.78 Å². The van der Waals surface area contributed by atoms with E-state index in [1.54, 1.807) is 0 Å². The molecular weight excluding hydrogens is 200 g/mol. The third kappa shape index (κ3) is 2.87. The summed E-state index contributed by atoms with van der Waals surface area (Å²) in [6.07, 6.45) is 0.486. The minimum absolute atomic E-state index is 0.0458. The molecule has 0 atom stereocenters. The minimum Gasteiger partial charge on any atom is -0.477 e. The molecule has 0 radical (unpaired) electrons. The Labute approximate surface area is 84.9 Å². The molecule has 1 aromatic heterocycles. The van der Waals surface area contributed by atoms with Gasteiger partial charge in [-0.1, -0.05) is 0 Å². The minimum atomic E-state index is -1.26. The largest absolute Gasteiger partial charge is 0.477 e. The van der Waals surface area contributed by atoms with Crippen LogP contribution in [0.25, 0.3) is 0 Å². The van der Waals surface area contributed by atoms with E-state index in [1.807, 2.05) is 0 Å². The van der Waals surface area contributed by atoms with Crippen molar-refractivity contribution in [3.63, 3.8) is 0 Å². The molecule has 0 unspecified atom stereocenters. The van der Waals surface area contributed by atoms with Gasteiger partial charge >= 0.3 is 5.97 Å². The number of carbonyl (C=O) groups excluding carboxylic acids is 2. The van der Waals surface area contributed by atoms with Crippen molar-refractivity contribution < 1.29 is 19.5 Å². The van der Waals surface area contributed by atoms with Crippen LogP contribution in [0.1, 0.15) is 27.8 Å². The Hall–Kier alpha value is -2.24. The number of hydrogen-bond donors (Lipinski definition) is 2. The van der Waals surface area contributed by atoms with Crippen LogP contribution in [0.3, 0.4) is 0 Å². The second kappa shape index (κ2) is 4.32. The van der Waals surface area contributed by atoms with Gasteiger partial charge < -0.3 is 10.4 Å². The fourth-order valence-corrected chi connectivity index (χ4v) is 0.974. The fourth-order valence-electron chi connectivity index (χ4n) is 0.974. The van der Waals surface area contributed by atoms with Crippen molar-refractivity contribution in [1.82, 2.24) is 4.98 Å². The highest BCUT2D eigenvalue weighted by Crippen LogP contribution is 2.09. The molecule has 6 heteroatoms. The van der Waals surface area contributed by atoms with Crippen molar-refractivity contribution in [2.45, 2.75) is 6.92 Å². The highest BCUT2D eigenvalue weighted by molar-refractivity contribution is 5.92. The maximum atomic E-state index is 10.7. The van der Waals surface area contributed by atoms with E-state index in [9.17, 15) is 14.4 Å². The molecule has 0 saturated heterocycles. The second-order valence-corrected chi connectivity index (χ2v) is 2.78. The summed E-state index contributed by atoms with van der Waals surface area (Å²) < 4.78 is 0. The lowest BCUT2D eigenvalue weighted by Crippen LogP contribution is -2.11. The molecule has 6 nitrogen and oxygen atoms in total. The van der Waals surface area contributed by atoms with Crippen molar-refractivity contribution in [2.24, 2.45) is 0 Å². The predicted octanol–water partition coefficient (Wildman–Crippen LogP) is 0.551. The van der Waals surface area contributed by atoms with Crippen LogP contribution in [0.2, 0.25) is 0 Å². The van der Waals surface area contributed by atoms with E-state index in [2.05, 4.69) is 10.3 Å². The molecule has 15 heavy (non-hydrogen) atoms. The average Bonchev–Trinajstić information content (AvgIpc) is 2.16. The van der Waals surface area contributed by atoms with Crippen LogP contribution in [0.5, 0.6) is 0 Å². The van der Waals surface area contributed by atoms with Gasteiger partial charge in [-0.15, -0.1) is 0 Å². The Morgan fingerprint density at radius 3 is 2.60 bits per heavy atom. The van der Waals surface area contributed by atoms with E-state index >= 15 is 0 Å². The fraction of sp³-hybridized carbons (Fsp3) is 0.111. The van der Waals surface area contributed by atoms with Gasteiger partial charge in [-0.05, 0) is 12.1 Å². The first-order chi connectivity index (χ1) is 7.02. The van der Waals surface area contributed by atoms with Crippen molar-refractivity contribution in [1.29, 1.82) is 0 Å². The van der Waals surface area contributed by atoms with E-state index in [4.69, 9.17) is 5.11 Å². The smallest absolute Gasteiger partial charge is 0.354 e. The van der Waals surface area contributed by atoms with Crippen LogP contribution in [0.15, 0.2) is 12.1 Å². The van der Waals surface area contributed by atoms with Crippen molar-refractivity contribution in [2.75, 3.05) is 5.32 Å². The number of pyridine rings is 1. The monoisotopic (exact) mass is 208 g/mol. The van der Waals surface area contributed by atoms with Gasteiger partial charge in [0, 0.05) is 12.5 Å². The summed E-state index contributed by atoms with van der Waals surface area (Å²) in [5.41, 5.74) is -0.144. The van der Waals surface area contributed by atoms with Crippen molar-refractivity contribution in [3.05, 3.63) is 23.4 Å². The number of aromatic nitrogens is 1. The molecule has 2 N–H and O–H groups in total. The molecule has 0 spiro atoms. The maximum absolute atomic E-state index is 10.7. The third-order valence-corrected chi connectivity index (χ3v) is 1.51. The Kier molecular flexibility index (Phi) is 3.12. The van der Waals surface area contributed by atoms with E-state index < -0.39 is 5.97 Å². The van der Waals surface area contributed by atoms with Crippen LogP contribution < -0.4 is 5.32 Å². The Morgan fingerprint density at radius 2 is 2.13 bits per heavy atom. The first kappa shape index (κ1) is 10.8. The number of anilines is 1. The molecule has 1 rings (SSSR count). The number of carboxylic acid groups (broad SMARTS) is 1. The molecule has 0 fully saturated rings. The molecule has 1 amide bonds. The van der Waals surface area contributed by atoms with E-state index in [-0.39, 0.29) is 23.0 Å². The molecule has 0 saturated carbocycles. The number of rotatable bonds is 3. The van der Waals surface area contributed by atoms with Gasteiger partial charge in [0.1, 0.15) is 12.1 Å². The summed E-state index contributed by atoms with van der Waals surface area (Å²) in [4.78, 5) is 35.4. The number of nitrogens with one attached hydrogen (secondary N) is 1. The summed E-state index contributed by atoms with van der Waals surface area (Å²) >= 11 is 0. The van der Waals surface area contributed by atoms with Crippen LogP contribution in [-0.2, 0) is 4.79 Å². The predicted molar refractivity (Wildman–Crippen MR) is 50.9 cm³/mol. The Balaban J connectivity index is 3.16. The van der Waals surface area contributed by atoms with E-state index in [0.717, 1.165) is 6.07 Å². The van der Waals surface area contributed by atoms with Gasteiger partial charge in [0.2, 0.25) is 5.91 Å². The van der Waals surface area contributed by atoms with Crippen LogP contribution in [0.4, 0.5) is 5.82 Å². The quantitative estimate of drug-likeness (QED) is 0.707. The molecule has 0 aliphatic heterocycles. The first-order valence-electron chi connectivity index (χ1n) is 4.01. The normalized spacial score (nSPS) is 9.40. The Bertz CT molecular complexity index is 428. The molecule has 0 aliphatic rings. The van der Waals surface area contributed by atoms with Crippen LogP contribution in [-0.4, -0.2) is 28.3 Å². The molecule has 78 valence electrons. The number of carbonyl (C=O) groups is 3. The lowest BCUT2D eigenvalue weighted by Gasteiger charge is -2.03. The SMILES string of the molecule is CC(=O)Nc1cc(C=O)cc(C(=O)O)n1. The number of aromatic carboxylic acids is 1. The molecule has 0 aromatic carbocycles. The summed E-state index contributed by atoms with van der Waals surface area (Å²) in [5, 5.41) is 11.0. The summed E-state index contributed by atoms with van der Waals surface area (Å²) in [6, 6.07) is 2.42. The zero-order valence-electron chi connectivity index (χ0n) is 7.85. The lowest BCUT2D eigenvalue weighted by atomic mass is 10.2. The first-order valence-corrected chi connectivity index (χ1v) is 4.01. The van der Waals surface area contributed by atoms with Crippen molar-refractivity contribution in [3.8, 4) is 0 Å². The summed E-state index contributed by atoms with van der Waals surface area (Å²) in [7, 11) is 0. The molecular formula is C9H8N2O4. The zero-order chi connectivity index (χ0) is 11.4. The van der Waals surface area contributed by atoms with Gasteiger partial charge in [0.15, 0.2) is 5.69 Å². The van der Waals surface area contributed by atoms with Gasteiger partial charge in [0.05, 0.1) is 0 Å². The van der Waals surface area contributed by atoms with Gasteiger partial charge in [-0.2, -0.15) is 0 Å². The van der Waals surface area contributed by atoms with Crippen LogP contribution in [0, 0.1) is 0 Å². The number of hydrogen-bond acceptors (Lipinski definition) is 4.